The molecule has 0 amide bonds. The highest BCUT2D eigenvalue weighted by Crippen LogP contribution is 2.03. The fraction of sp³-hybridized carbons (Fsp3) is 0.200. The molecule has 0 spiro atoms. The summed E-state index contributed by atoms with van der Waals surface area (Å²) in [6.07, 6.45) is 3.49. The van der Waals surface area contributed by atoms with Gasteiger partial charge in [-0.3, -0.25) is 9.79 Å². The van der Waals surface area contributed by atoms with Crippen LogP contribution in [0.5, 0.6) is 0 Å². The molecule has 0 radical (unpaired) electrons. The molecule has 1 rings (SSSR count). The molecule has 52 valence electrons. The maximum absolute atomic E-state index is 10.0. The number of aldehydes is 1. The van der Waals surface area contributed by atoms with Gasteiger partial charge in [0.1, 0.15) is 5.94 Å². The Labute approximate surface area is 58.0 Å². The van der Waals surface area contributed by atoms with Gasteiger partial charge in [-0.1, -0.05) is 6.08 Å². The van der Waals surface area contributed by atoms with E-state index in [1.165, 1.54) is 12.2 Å². The van der Waals surface area contributed by atoms with Crippen molar-refractivity contribution in [3.05, 3.63) is 12.2 Å². The fourth-order valence-corrected chi connectivity index (χ4v) is 0.691. The molecule has 0 bridgehead atoms. The van der Waals surface area contributed by atoms with Crippen LogP contribution in [0.15, 0.2) is 17.1 Å². The van der Waals surface area contributed by atoms with Crippen LogP contribution in [0.2, 0.25) is 0 Å². The van der Waals surface area contributed by atoms with E-state index in [4.69, 9.17) is 10.0 Å². The van der Waals surface area contributed by atoms with Gasteiger partial charge in [0.2, 0.25) is 0 Å². The van der Waals surface area contributed by atoms with E-state index in [0.717, 1.165) is 0 Å². The second-order valence-corrected chi connectivity index (χ2v) is 1.94. The summed E-state index contributed by atoms with van der Waals surface area (Å²) in [4.78, 5) is 13.7. The smallest absolute Gasteiger partial charge is 0.425 e. The molecular formula is C5H6BNO3. The van der Waals surface area contributed by atoms with Gasteiger partial charge in [0.15, 0.2) is 6.29 Å². The molecule has 1 aliphatic heterocycles. The Hall–Kier alpha value is -0.935. The van der Waals surface area contributed by atoms with E-state index in [-0.39, 0.29) is 5.71 Å². The van der Waals surface area contributed by atoms with E-state index in [2.05, 4.69) is 4.99 Å². The van der Waals surface area contributed by atoms with Crippen molar-refractivity contribution in [3.63, 3.8) is 0 Å². The van der Waals surface area contributed by atoms with Gasteiger partial charge in [0, 0.05) is 0 Å². The standard InChI is InChI=1S/C5H6BNO3/c8-3-4-1-2-5(7-4)6(9)10/h1-3,5,9-10H. The van der Waals surface area contributed by atoms with Crippen LogP contribution in [-0.4, -0.2) is 35.1 Å². The van der Waals surface area contributed by atoms with Crippen molar-refractivity contribution in [2.24, 2.45) is 4.99 Å². The summed E-state index contributed by atoms with van der Waals surface area (Å²) in [5, 5.41) is 17.1. The molecular weight excluding hydrogens is 133 g/mol. The number of aliphatic imine (C=N–C) groups is 1. The topological polar surface area (TPSA) is 69.9 Å². The summed E-state index contributed by atoms with van der Waals surface area (Å²) in [6.45, 7) is 0. The van der Waals surface area contributed by atoms with Gasteiger partial charge < -0.3 is 10.0 Å². The first-order chi connectivity index (χ1) is 4.74. The Morgan fingerprint density at radius 1 is 1.70 bits per heavy atom. The third kappa shape index (κ3) is 1.31. The number of carbonyl (C=O) groups excluding carboxylic acids is 1. The molecule has 1 aliphatic rings. The summed E-state index contributed by atoms with van der Waals surface area (Å²) < 4.78 is 0. The van der Waals surface area contributed by atoms with E-state index >= 15 is 0 Å². The number of nitrogens with zero attached hydrogens (tertiary/aromatic N) is 1. The van der Waals surface area contributed by atoms with Crippen molar-refractivity contribution in [1.82, 2.24) is 0 Å². The molecule has 5 heteroatoms. The lowest BCUT2D eigenvalue weighted by molar-refractivity contribution is -0.102. The van der Waals surface area contributed by atoms with Crippen LogP contribution in [0, 0.1) is 0 Å². The van der Waals surface area contributed by atoms with Gasteiger partial charge in [-0.2, -0.15) is 0 Å². The van der Waals surface area contributed by atoms with Crippen LogP contribution in [-0.2, 0) is 4.79 Å². The van der Waals surface area contributed by atoms with E-state index in [0.29, 0.717) is 6.29 Å². The van der Waals surface area contributed by atoms with Crippen molar-refractivity contribution in [2.75, 3.05) is 0 Å². The van der Waals surface area contributed by atoms with Crippen molar-refractivity contribution in [2.45, 2.75) is 5.94 Å². The van der Waals surface area contributed by atoms with Crippen LogP contribution < -0.4 is 0 Å². The zero-order valence-corrected chi connectivity index (χ0v) is 5.14. The minimum atomic E-state index is -1.51. The van der Waals surface area contributed by atoms with Crippen LogP contribution in [0.4, 0.5) is 0 Å². The molecule has 0 aliphatic carbocycles. The van der Waals surface area contributed by atoms with Crippen LogP contribution >= 0.6 is 0 Å². The zero-order chi connectivity index (χ0) is 7.56. The lowest BCUT2D eigenvalue weighted by Gasteiger charge is -1.98. The van der Waals surface area contributed by atoms with E-state index in [9.17, 15) is 4.79 Å². The van der Waals surface area contributed by atoms with Gasteiger partial charge >= 0.3 is 7.12 Å². The van der Waals surface area contributed by atoms with E-state index in [1.807, 2.05) is 0 Å². The third-order valence-corrected chi connectivity index (χ3v) is 1.19. The Kier molecular flexibility index (Phi) is 1.98. The summed E-state index contributed by atoms with van der Waals surface area (Å²) in [6, 6.07) is 0. The molecule has 0 aromatic heterocycles. The fourth-order valence-electron chi connectivity index (χ4n) is 0.691. The van der Waals surface area contributed by atoms with Gasteiger partial charge in [-0.05, 0) is 6.08 Å². The van der Waals surface area contributed by atoms with Crippen molar-refractivity contribution < 1.29 is 14.8 Å². The monoisotopic (exact) mass is 139 g/mol. The Bertz CT molecular complexity index is 199. The molecule has 0 aromatic carbocycles. The Morgan fingerprint density at radius 2 is 2.40 bits per heavy atom. The van der Waals surface area contributed by atoms with Crippen LogP contribution in [0.25, 0.3) is 0 Å². The largest absolute Gasteiger partial charge is 0.482 e. The number of rotatable bonds is 2. The number of allylic oxidation sites excluding steroid dienone is 1. The average Bonchev–Trinajstić information content (AvgIpc) is 2.34. The normalized spacial score (nSPS) is 22.6. The highest BCUT2D eigenvalue weighted by molar-refractivity contribution is 6.46. The quantitative estimate of drug-likeness (QED) is 0.364. The molecule has 1 unspecified atom stereocenters. The molecule has 1 atom stereocenters. The summed E-state index contributed by atoms with van der Waals surface area (Å²) >= 11 is 0. The predicted molar refractivity (Wildman–Crippen MR) is 36.6 cm³/mol. The van der Waals surface area contributed by atoms with Crippen molar-refractivity contribution in [1.29, 1.82) is 0 Å². The van der Waals surface area contributed by atoms with Gasteiger partial charge in [0.25, 0.3) is 0 Å². The predicted octanol–water partition coefficient (Wildman–Crippen LogP) is -1.42. The van der Waals surface area contributed by atoms with Crippen molar-refractivity contribution in [3.8, 4) is 0 Å². The maximum Gasteiger partial charge on any atom is 0.482 e. The maximum atomic E-state index is 10.0. The summed E-state index contributed by atoms with van der Waals surface area (Å²) in [5.74, 6) is -0.666. The first kappa shape index (κ1) is 7.18. The zero-order valence-electron chi connectivity index (χ0n) is 5.14. The number of hydrogen-bond acceptors (Lipinski definition) is 4. The summed E-state index contributed by atoms with van der Waals surface area (Å²) in [5.41, 5.74) is 0.248. The van der Waals surface area contributed by atoms with Gasteiger partial charge in [-0.15, -0.1) is 0 Å². The Balaban J connectivity index is 2.65. The molecule has 1 heterocycles. The van der Waals surface area contributed by atoms with Gasteiger partial charge in [-0.25, -0.2) is 0 Å². The minimum Gasteiger partial charge on any atom is -0.425 e. The second kappa shape index (κ2) is 2.77. The molecule has 10 heavy (non-hydrogen) atoms. The number of hydrogen-bond donors (Lipinski definition) is 2. The van der Waals surface area contributed by atoms with E-state index in [1.54, 1.807) is 0 Å². The lowest BCUT2D eigenvalue weighted by Crippen LogP contribution is -2.26. The molecule has 0 aromatic rings. The number of carbonyl (C=O) groups is 1. The second-order valence-electron chi connectivity index (χ2n) is 1.94. The molecule has 0 fully saturated rings. The van der Waals surface area contributed by atoms with Gasteiger partial charge in [0.05, 0.1) is 5.71 Å². The molecule has 2 N–H and O–H groups in total. The van der Waals surface area contributed by atoms with Crippen LogP contribution in [0.1, 0.15) is 0 Å². The minimum absolute atomic E-state index is 0.248. The SMILES string of the molecule is O=CC1=NC(B(O)O)C=C1. The Morgan fingerprint density at radius 3 is 2.70 bits per heavy atom. The highest BCUT2D eigenvalue weighted by atomic mass is 16.4. The molecule has 0 saturated heterocycles. The first-order valence-corrected chi connectivity index (χ1v) is 2.81. The van der Waals surface area contributed by atoms with Crippen LogP contribution in [0.3, 0.4) is 0 Å². The van der Waals surface area contributed by atoms with E-state index < -0.39 is 13.1 Å². The average molecular weight is 139 g/mol. The first-order valence-electron chi connectivity index (χ1n) is 2.81. The summed E-state index contributed by atoms with van der Waals surface area (Å²) in [7, 11) is -1.51. The van der Waals surface area contributed by atoms with Crippen molar-refractivity contribution >= 4 is 19.1 Å². The molecule has 4 nitrogen and oxygen atoms in total. The molecule has 0 saturated carbocycles. The third-order valence-electron chi connectivity index (χ3n) is 1.19. The lowest BCUT2D eigenvalue weighted by atomic mass is 9.81. The highest BCUT2D eigenvalue weighted by Gasteiger charge is 2.22.